The van der Waals surface area contributed by atoms with E-state index in [1.807, 2.05) is 48.5 Å². The van der Waals surface area contributed by atoms with Crippen molar-refractivity contribution >= 4 is 46.9 Å². The van der Waals surface area contributed by atoms with Gasteiger partial charge in [0.15, 0.2) is 0 Å². The fourth-order valence-corrected chi connectivity index (χ4v) is 11.4. The number of carbonyl (C=O) groups is 4. The lowest BCUT2D eigenvalue weighted by Crippen LogP contribution is -2.29. The smallest absolute Gasteiger partial charge is 0.319 e. The van der Waals surface area contributed by atoms with E-state index in [0.29, 0.717) is 71.9 Å². The minimum absolute atomic E-state index is 0.266. The van der Waals surface area contributed by atoms with Crippen LogP contribution in [0.25, 0.3) is 0 Å². The highest BCUT2D eigenvalue weighted by Crippen LogP contribution is 2.42. The first-order valence-corrected chi connectivity index (χ1v) is 32.0. The molecular weight excluding hydrogens is 1060 g/mol. The molecule has 4 aromatic carbocycles. The molecule has 0 atom stereocenters. The highest BCUT2D eigenvalue weighted by molar-refractivity contribution is 5.92. The maximum absolute atomic E-state index is 13.7. The lowest BCUT2D eigenvalue weighted by Gasteiger charge is -2.23. The van der Waals surface area contributed by atoms with Crippen LogP contribution in [0.2, 0.25) is 0 Å². The van der Waals surface area contributed by atoms with Crippen molar-refractivity contribution < 1.29 is 38.1 Å². The van der Waals surface area contributed by atoms with E-state index in [2.05, 4.69) is 70.2 Å². The standard InChI is InChI=1S/C68H104N8O8/c1-9-13-17-21-25-29-33-69-65(77)73-57-41-49-37-51-43-58(74-66(78)70-34-30-26-22-18-14-10-2)45-53(62(51)82-6)39-55-47-60(76-68(80)72-36-32-28-24-20-16-12-4)48-56(64(55)84-8)40-54-46-59(75-67(79)71-35-31-27-23-19-15-11-3)44-52(63(54)83-7)38-50(42-57)61(49)81-5/h41-48H,9-40H2,1-8H3,(H2,69,73,77)(H2,70,74,78)(H2,71,75,79)(H2,72,76,80). The first kappa shape index (κ1) is 67.9. The normalized spacial score (nSPS) is 11.7. The van der Waals surface area contributed by atoms with Crippen LogP contribution in [-0.2, 0) is 25.7 Å². The van der Waals surface area contributed by atoms with E-state index in [4.69, 9.17) is 18.9 Å². The van der Waals surface area contributed by atoms with Crippen molar-refractivity contribution in [3.63, 3.8) is 0 Å². The molecular formula is C68H104N8O8. The van der Waals surface area contributed by atoms with Gasteiger partial charge >= 0.3 is 24.1 Å². The summed E-state index contributed by atoms with van der Waals surface area (Å²) in [5.74, 6) is 2.37. The summed E-state index contributed by atoms with van der Waals surface area (Å²) in [6, 6.07) is 14.2. The van der Waals surface area contributed by atoms with Crippen molar-refractivity contribution in [1.82, 2.24) is 21.3 Å². The summed E-state index contributed by atoms with van der Waals surface area (Å²) in [6.45, 7) is 11.0. The van der Waals surface area contributed by atoms with Crippen LogP contribution in [0.1, 0.15) is 226 Å². The molecule has 0 spiro atoms. The second-order valence-electron chi connectivity index (χ2n) is 22.6. The molecule has 0 saturated carbocycles. The number of anilines is 4. The number of benzene rings is 4. The zero-order valence-corrected chi connectivity index (χ0v) is 52.5. The molecule has 1 aliphatic carbocycles. The Morgan fingerprint density at radius 3 is 0.619 bits per heavy atom. The highest BCUT2D eigenvalue weighted by atomic mass is 16.5. The SMILES string of the molecule is CCCCCCCCNC(=O)Nc1cc2c(OC)c(c1)Cc1cc(NC(=O)NCCCCCCCC)cc(c1OC)Cc1cc(NC(=O)NCCCCCCCC)cc(c1OC)Cc1cc(NC(=O)NCCCCCCCC)cc(c1OC)C2. The quantitative estimate of drug-likeness (QED) is 0.0181. The van der Waals surface area contributed by atoms with Gasteiger partial charge in [0.05, 0.1) is 28.4 Å². The molecule has 464 valence electrons. The van der Waals surface area contributed by atoms with Gasteiger partial charge in [0, 0.05) is 119 Å². The topological polar surface area (TPSA) is 201 Å². The van der Waals surface area contributed by atoms with Crippen LogP contribution in [0.3, 0.4) is 0 Å². The Kier molecular flexibility index (Phi) is 31.5. The van der Waals surface area contributed by atoms with Gasteiger partial charge in [-0.05, 0) is 74.2 Å². The van der Waals surface area contributed by atoms with Crippen molar-refractivity contribution in [2.24, 2.45) is 0 Å². The predicted molar refractivity (Wildman–Crippen MR) is 345 cm³/mol. The molecule has 5 rings (SSSR count). The predicted octanol–water partition coefficient (Wildman–Crippen LogP) is 16.3. The summed E-state index contributed by atoms with van der Waals surface area (Å²) in [4.78, 5) is 55.0. The van der Waals surface area contributed by atoms with Gasteiger partial charge in [-0.25, -0.2) is 19.2 Å². The van der Waals surface area contributed by atoms with Gasteiger partial charge in [-0.15, -0.1) is 0 Å². The number of carbonyl (C=O) groups excluding carboxylic acids is 4. The van der Waals surface area contributed by atoms with Gasteiger partial charge in [0.1, 0.15) is 23.0 Å². The Morgan fingerprint density at radius 2 is 0.452 bits per heavy atom. The Bertz CT molecular complexity index is 2210. The van der Waals surface area contributed by atoms with Gasteiger partial charge in [-0.3, -0.25) is 0 Å². The van der Waals surface area contributed by atoms with Gasteiger partial charge in [0.25, 0.3) is 0 Å². The van der Waals surface area contributed by atoms with E-state index in [0.717, 1.165) is 122 Å². The van der Waals surface area contributed by atoms with Gasteiger partial charge in [-0.2, -0.15) is 0 Å². The number of urea groups is 4. The molecule has 0 unspecified atom stereocenters. The second-order valence-corrected chi connectivity index (χ2v) is 22.6. The molecule has 0 aliphatic heterocycles. The summed E-state index contributed by atoms with van der Waals surface area (Å²) in [6.07, 6.45) is 27.6. The number of amides is 8. The first-order valence-electron chi connectivity index (χ1n) is 32.0. The summed E-state index contributed by atoms with van der Waals surface area (Å²) in [5.41, 5.74) is 8.25. The molecule has 84 heavy (non-hydrogen) atoms. The largest absolute Gasteiger partial charge is 0.496 e. The van der Waals surface area contributed by atoms with Crippen molar-refractivity contribution in [1.29, 1.82) is 0 Å². The van der Waals surface area contributed by atoms with E-state index in [1.54, 1.807) is 28.4 Å². The van der Waals surface area contributed by atoms with Crippen LogP contribution in [0, 0.1) is 0 Å². The number of hydrogen-bond acceptors (Lipinski definition) is 8. The Morgan fingerprint density at radius 1 is 0.286 bits per heavy atom. The number of ether oxygens (including phenoxy) is 4. The average molecular weight is 1160 g/mol. The number of unbranched alkanes of at least 4 members (excludes halogenated alkanes) is 20. The summed E-state index contributed by atoms with van der Waals surface area (Å²) in [7, 11) is 6.57. The molecule has 0 radical (unpaired) electrons. The molecule has 4 aromatic rings. The number of nitrogens with one attached hydrogen (secondary N) is 8. The Labute approximate surface area is 503 Å². The Hall–Kier alpha value is -6.84. The number of fused-ring (bicyclic) bond motifs is 8. The van der Waals surface area contributed by atoms with Crippen molar-refractivity contribution in [3.05, 3.63) is 93.0 Å². The first-order chi connectivity index (χ1) is 41.0. The molecule has 0 aromatic heterocycles. The van der Waals surface area contributed by atoms with E-state index in [-0.39, 0.29) is 49.8 Å². The molecule has 0 fully saturated rings. The molecule has 16 heteroatoms. The maximum atomic E-state index is 13.7. The fourth-order valence-electron chi connectivity index (χ4n) is 11.4. The fraction of sp³-hybridized carbons (Fsp3) is 0.588. The third-order valence-electron chi connectivity index (χ3n) is 15.6. The van der Waals surface area contributed by atoms with E-state index in [1.165, 1.54) is 77.0 Å². The van der Waals surface area contributed by atoms with Crippen molar-refractivity contribution in [2.45, 2.75) is 207 Å². The number of hydrogen-bond donors (Lipinski definition) is 8. The zero-order valence-electron chi connectivity index (χ0n) is 52.5. The van der Waals surface area contributed by atoms with E-state index < -0.39 is 0 Å². The summed E-state index contributed by atoms with van der Waals surface area (Å²) < 4.78 is 25.5. The Balaban J connectivity index is 1.66. The minimum Gasteiger partial charge on any atom is -0.496 e. The molecule has 8 amide bonds. The monoisotopic (exact) mass is 1160 g/mol. The average Bonchev–Trinajstić information content (AvgIpc) is 3.42. The highest BCUT2D eigenvalue weighted by Gasteiger charge is 2.25. The molecule has 16 nitrogen and oxygen atoms in total. The molecule has 8 bridgehead atoms. The maximum Gasteiger partial charge on any atom is 0.319 e. The lowest BCUT2D eigenvalue weighted by molar-refractivity contribution is 0.251. The van der Waals surface area contributed by atoms with Crippen LogP contribution in [0.4, 0.5) is 41.9 Å². The van der Waals surface area contributed by atoms with Crippen LogP contribution in [0.15, 0.2) is 48.5 Å². The van der Waals surface area contributed by atoms with Gasteiger partial charge in [-0.1, -0.05) is 156 Å². The van der Waals surface area contributed by atoms with Gasteiger partial charge < -0.3 is 61.5 Å². The third kappa shape index (κ3) is 23.3. The molecule has 8 N–H and O–H groups in total. The van der Waals surface area contributed by atoms with E-state index >= 15 is 0 Å². The lowest BCUT2D eigenvalue weighted by atomic mass is 9.90. The third-order valence-corrected chi connectivity index (χ3v) is 15.6. The van der Waals surface area contributed by atoms with Crippen LogP contribution < -0.4 is 61.5 Å². The second kappa shape index (κ2) is 38.9. The summed E-state index contributed by atoms with van der Waals surface area (Å²) in [5, 5.41) is 24.9. The van der Waals surface area contributed by atoms with Crippen LogP contribution >= 0.6 is 0 Å². The number of rotatable bonds is 36. The molecule has 0 saturated heterocycles. The van der Waals surface area contributed by atoms with Crippen LogP contribution in [0.5, 0.6) is 23.0 Å². The van der Waals surface area contributed by atoms with E-state index in [9.17, 15) is 19.2 Å². The molecule has 1 aliphatic rings. The van der Waals surface area contributed by atoms with Crippen molar-refractivity contribution in [3.8, 4) is 23.0 Å². The number of methoxy groups -OCH3 is 4. The van der Waals surface area contributed by atoms with Crippen molar-refractivity contribution in [2.75, 3.05) is 75.9 Å². The zero-order chi connectivity index (χ0) is 60.3. The van der Waals surface area contributed by atoms with Crippen LogP contribution in [-0.4, -0.2) is 78.7 Å². The minimum atomic E-state index is -0.317. The summed E-state index contributed by atoms with van der Waals surface area (Å²) >= 11 is 0. The molecule has 0 heterocycles. The van der Waals surface area contributed by atoms with Gasteiger partial charge in [0.2, 0.25) is 0 Å².